The van der Waals surface area contributed by atoms with Gasteiger partial charge in [0.1, 0.15) is 17.8 Å². The Hall–Kier alpha value is -3.54. The van der Waals surface area contributed by atoms with Crippen LogP contribution in [0.2, 0.25) is 0 Å². The summed E-state index contributed by atoms with van der Waals surface area (Å²) in [6.07, 6.45) is 6.29. The van der Waals surface area contributed by atoms with Crippen molar-refractivity contribution in [3.63, 3.8) is 0 Å². The minimum Gasteiger partial charge on any atom is -0.360 e. The first-order valence-corrected chi connectivity index (χ1v) is 9.20. The number of nitrogens with one attached hydrogen (secondary N) is 1. The molecule has 2 aliphatic rings. The predicted molar refractivity (Wildman–Crippen MR) is 110 cm³/mol. The van der Waals surface area contributed by atoms with E-state index in [1.54, 1.807) is 6.92 Å². The van der Waals surface area contributed by atoms with Crippen molar-refractivity contribution < 1.29 is 13.6 Å². The van der Waals surface area contributed by atoms with Gasteiger partial charge in [0, 0.05) is 17.7 Å². The molecule has 0 saturated heterocycles. The van der Waals surface area contributed by atoms with Gasteiger partial charge in [-0.05, 0) is 49.3 Å². The maximum atomic E-state index is 14.3. The molecule has 2 heterocycles. The van der Waals surface area contributed by atoms with E-state index < -0.39 is 17.8 Å². The van der Waals surface area contributed by atoms with Crippen LogP contribution >= 0.6 is 0 Å². The van der Waals surface area contributed by atoms with Gasteiger partial charge in [0.2, 0.25) is 0 Å². The third kappa shape index (κ3) is 3.87. The van der Waals surface area contributed by atoms with E-state index in [0.717, 1.165) is 28.8 Å². The lowest BCUT2D eigenvalue weighted by atomic mass is 10.0. The maximum absolute atomic E-state index is 14.3. The number of aryl methyl sites for hydroxylation is 1. The highest BCUT2D eigenvalue weighted by atomic mass is 19.1. The Bertz CT molecular complexity index is 1100. The van der Waals surface area contributed by atoms with E-state index >= 15 is 0 Å². The molecular weight excluding hydrogens is 372 g/mol. The van der Waals surface area contributed by atoms with Crippen molar-refractivity contribution in [3.8, 4) is 0 Å². The fourth-order valence-corrected chi connectivity index (χ4v) is 3.25. The zero-order chi connectivity index (χ0) is 20.5. The number of benzene rings is 2. The molecule has 2 aromatic rings. The van der Waals surface area contributed by atoms with Crippen LogP contribution in [-0.2, 0) is 4.79 Å². The molecule has 1 atom stereocenters. The summed E-state index contributed by atoms with van der Waals surface area (Å²) in [6.45, 7) is 3.82. The highest BCUT2D eigenvalue weighted by molar-refractivity contribution is 6.01. The Morgan fingerprint density at radius 3 is 2.52 bits per heavy atom. The second kappa shape index (κ2) is 7.47. The number of hydrogen-bond donors (Lipinski definition) is 1. The third-order valence-corrected chi connectivity index (χ3v) is 4.77. The molecule has 0 spiro atoms. The average Bonchev–Trinajstić information content (AvgIpc) is 2.66. The molecular formula is C23H19F2N3O. The summed E-state index contributed by atoms with van der Waals surface area (Å²) >= 11 is 0. The van der Waals surface area contributed by atoms with Gasteiger partial charge in [-0.15, -0.1) is 0 Å². The van der Waals surface area contributed by atoms with Crippen LogP contribution in [0, 0.1) is 18.6 Å². The van der Waals surface area contributed by atoms with Gasteiger partial charge in [0.05, 0.1) is 11.4 Å². The number of halogens is 2. The van der Waals surface area contributed by atoms with E-state index in [0.29, 0.717) is 5.71 Å². The molecule has 146 valence electrons. The molecule has 0 saturated carbocycles. The Labute approximate surface area is 167 Å². The topological polar surface area (TPSA) is 44.7 Å². The molecule has 1 amide bonds. The number of carbonyl (C=O) groups excluding carboxylic acids is 1. The molecule has 0 bridgehead atoms. The van der Waals surface area contributed by atoms with Gasteiger partial charge in [-0.3, -0.25) is 4.79 Å². The van der Waals surface area contributed by atoms with E-state index in [9.17, 15) is 13.6 Å². The molecule has 2 aliphatic heterocycles. The summed E-state index contributed by atoms with van der Waals surface area (Å²) in [5, 5.41) is 8.82. The predicted octanol–water partition coefficient (Wildman–Crippen LogP) is 4.40. The molecule has 1 N–H and O–H groups in total. The van der Waals surface area contributed by atoms with Gasteiger partial charge in [-0.25, -0.2) is 13.8 Å². The largest absolute Gasteiger partial charge is 0.360 e. The standard InChI is InChI=1S/C23H19F2N3O/c1-14-3-6-16(7-4-14)17-8-5-15(2)27-28-22(11-17)26-21(13-23(28)29)19-10-9-18(24)12-20(19)25/h3-13,22,26H,1-2H3/b8-5-,17-11-,27-15-. The number of nitrogens with zero attached hydrogens (tertiary/aromatic N) is 2. The van der Waals surface area contributed by atoms with Gasteiger partial charge < -0.3 is 5.32 Å². The molecule has 1 unspecified atom stereocenters. The van der Waals surface area contributed by atoms with Crippen molar-refractivity contribution in [2.75, 3.05) is 0 Å². The number of rotatable bonds is 2. The molecule has 2 aromatic carbocycles. The summed E-state index contributed by atoms with van der Waals surface area (Å²) < 4.78 is 27.6. The molecule has 0 radical (unpaired) electrons. The van der Waals surface area contributed by atoms with Crippen LogP contribution in [0.15, 0.2) is 71.9 Å². The quantitative estimate of drug-likeness (QED) is 0.825. The Kier molecular flexibility index (Phi) is 4.84. The lowest BCUT2D eigenvalue weighted by Crippen LogP contribution is -2.48. The lowest BCUT2D eigenvalue weighted by molar-refractivity contribution is -0.128. The minimum atomic E-state index is -0.738. The van der Waals surface area contributed by atoms with Crippen LogP contribution in [0.4, 0.5) is 8.78 Å². The highest BCUT2D eigenvalue weighted by Gasteiger charge is 2.29. The lowest BCUT2D eigenvalue weighted by Gasteiger charge is -2.33. The minimum absolute atomic E-state index is 0.128. The number of amides is 1. The van der Waals surface area contributed by atoms with Gasteiger partial charge in [0.15, 0.2) is 0 Å². The second-order valence-corrected chi connectivity index (χ2v) is 7.02. The number of allylic oxidation sites excluding steroid dienone is 3. The van der Waals surface area contributed by atoms with Crippen molar-refractivity contribution in [3.05, 3.63) is 95.1 Å². The monoisotopic (exact) mass is 391 g/mol. The number of hydrazone groups is 1. The Morgan fingerprint density at radius 1 is 1.03 bits per heavy atom. The maximum Gasteiger partial charge on any atom is 0.271 e. The van der Waals surface area contributed by atoms with Crippen molar-refractivity contribution in [1.82, 2.24) is 10.3 Å². The van der Waals surface area contributed by atoms with E-state index in [-0.39, 0.29) is 17.2 Å². The van der Waals surface area contributed by atoms with Crippen molar-refractivity contribution in [2.24, 2.45) is 5.10 Å². The Balaban J connectivity index is 1.77. The van der Waals surface area contributed by atoms with Gasteiger partial charge in [-0.1, -0.05) is 35.9 Å². The second-order valence-electron chi connectivity index (χ2n) is 7.02. The first-order valence-electron chi connectivity index (χ1n) is 9.20. The molecule has 29 heavy (non-hydrogen) atoms. The van der Waals surface area contributed by atoms with Crippen molar-refractivity contribution in [2.45, 2.75) is 20.0 Å². The van der Waals surface area contributed by atoms with Crippen LogP contribution in [0.1, 0.15) is 23.6 Å². The number of fused-ring (bicyclic) bond motifs is 1. The van der Waals surface area contributed by atoms with Crippen LogP contribution in [0.25, 0.3) is 11.3 Å². The summed E-state index contributed by atoms with van der Waals surface area (Å²) in [7, 11) is 0. The smallest absolute Gasteiger partial charge is 0.271 e. The third-order valence-electron chi connectivity index (χ3n) is 4.77. The van der Waals surface area contributed by atoms with Crippen LogP contribution in [0.5, 0.6) is 0 Å². The summed E-state index contributed by atoms with van der Waals surface area (Å²) in [4.78, 5) is 12.7. The summed E-state index contributed by atoms with van der Waals surface area (Å²) in [5.41, 5.74) is 4.10. The Morgan fingerprint density at radius 2 is 1.79 bits per heavy atom. The van der Waals surface area contributed by atoms with Crippen LogP contribution < -0.4 is 5.32 Å². The molecule has 4 nitrogen and oxygen atoms in total. The SMILES string of the molecule is CC1=N/N2C(=O)C=C(c3ccc(F)cc3F)NC2/C=C(c2ccc(C)cc2)/C=C\1. The van der Waals surface area contributed by atoms with Crippen LogP contribution in [-0.4, -0.2) is 22.8 Å². The summed E-state index contributed by atoms with van der Waals surface area (Å²) in [6, 6.07) is 11.3. The highest BCUT2D eigenvalue weighted by Crippen LogP contribution is 2.26. The van der Waals surface area contributed by atoms with Gasteiger partial charge in [0.25, 0.3) is 5.91 Å². The van der Waals surface area contributed by atoms with E-state index in [2.05, 4.69) is 10.4 Å². The van der Waals surface area contributed by atoms with Crippen LogP contribution in [0.3, 0.4) is 0 Å². The molecule has 4 rings (SSSR count). The molecule has 0 aromatic heterocycles. The first-order chi connectivity index (χ1) is 13.9. The molecule has 6 heteroatoms. The van der Waals surface area contributed by atoms with E-state index in [1.807, 2.05) is 49.4 Å². The average molecular weight is 391 g/mol. The summed E-state index contributed by atoms with van der Waals surface area (Å²) in [5.74, 6) is -1.80. The zero-order valence-corrected chi connectivity index (χ0v) is 16.0. The fraction of sp³-hybridized carbons (Fsp3) is 0.130. The zero-order valence-electron chi connectivity index (χ0n) is 16.0. The van der Waals surface area contributed by atoms with Crippen molar-refractivity contribution >= 4 is 22.9 Å². The van der Waals surface area contributed by atoms with Gasteiger partial charge >= 0.3 is 0 Å². The molecule has 0 fully saturated rings. The van der Waals surface area contributed by atoms with E-state index in [1.165, 1.54) is 17.2 Å². The molecule has 0 aliphatic carbocycles. The normalized spacial score (nSPS) is 23.4. The van der Waals surface area contributed by atoms with Gasteiger partial charge in [-0.2, -0.15) is 5.10 Å². The van der Waals surface area contributed by atoms with E-state index in [4.69, 9.17) is 0 Å². The number of hydrogen-bond acceptors (Lipinski definition) is 3. The van der Waals surface area contributed by atoms with Crippen molar-refractivity contribution in [1.29, 1.82) is 0 Å². The first kappa shape index (κ1) is 18.8. The fourth-order valence-electron chi connectivity index (χ4n) is 3.25. The number of carbonyl (C=O) groups is 1.